The van der Waals surface area contributed by atoms with Gasteiger partial charge in [-0.25, -0.2) is 4.98 Å². The summed E-state index contributed by atoms with van der Waals surface area (Å²) in [5.74, 6) is 20.3. The maximum absolute atomic E-state index is 9.85. The van der Waals surface area contributed by atoms with Crippen molar-refractivity contribution in [3.63, 3.8) is 0 Å². The SMILES string of the molecule is CC1(C)COC(CN/C=C(/c2ncc(C#CCNC3COC3)cc2OC2CC2)C(C)(C)COc2cc(C#CCN3CC4(CC(O)C4)C3)cnc2/C(C=NCC2OCC3(CC3)CO2)=N/N)OC1. The van der Waals surface area contributed by atoms with Crippen LogP contribution in [0.15, 0.2) is 40.8 Å². The highest BCUT2D eigenvalue weighted by molar-refractivity contribution is 6.38. The molecule has 16 nitrogen and oxygen atoms in total. The third kappa shape index (κ3) is 11.9. The van der Waals surface area contributed by atoms with E-state index >= 15 is 0 Å². The molecular formula is C50H66N8O8. The van der Waals surface area contributed by atoms with Crippen molar-refractivity contribution >= 4 is 17.5 Å². The minimum atomic E-state index is -0.676. The van der Waals surface area contributed by atoms with Crippen molar-refractivity contribution in [2.24, 2.45) is 37.6 Å². The Morgan fingerprint density at radius 3 is 2.27 bits per heavy atom. The van der Waals surface area contributed by atoms with E-state index in [1.165, 1.54) is 0 Å². The summed E-state index contributed by atoms with van der Waals surface area (Å²) in [6.07, 6.45) is 12.2. The van der Waals surface area contributed by atoms with Gasteiger partial charge in [-0.3, -0.25) is 20.2 Å². The first-order valence-electron chi connectivity index (χ1n) is 23.5. The van der Waals surface area contributed by atoms with Crippen LogP contribution in [-0.4, -0.2) is 148 Å². The van der Waals surface area contributed by atoms with E-state index in [9.17, 15) is 5.11 Å². The van der Waals surface area contributed by atoms with Gasteiger partial charge in [0.15, 0.2) is 12.6 Å². The molecule has 4 saturated heterocycles. The first-order valence-corrected chi connectivity index (χ1v) is 23.5. The van der Waals surface area contributed by atoms with Crippen LogP contribution in [0.5, 0.6) is 11.5 Å². The summed E-state index contributed by atoms with van der Waals surface area (Å²) in [5.41, 5.74) is 3.50. The maximum Gasteiger partial charge on any atom is 0.176 e. The number of likely N-dealkylation sites (tertiary alicyclic amines) is 1. The van der Waals surface area contributed by atoms with Gasteiger partial charge in [0.1, 0.15) is 28.6 Å². The van der Waals surface area contributed by atoms with Crippen molar-refractivity contribution < 1.29 is 38.3 Å². The fourth-order valence-corrected chi connectivity index (χ4v) is 8.75. The Morgan fingerprint density at radius 2 is 1.62 bits per heavy atom. The number of aromatic nitrogens is 2. The van der Waals surface area contributed by atoms with E-state index in [0.717, 1.165) is 62.8 Å². The van der Waals surface area contributed by atoms with Gasteiger partial charge in [-0.15, -0.1) is 0 Å². The van der Waals surface area contributed by atoms with E-state index in [2.05, 4.69) is 77.0 Å². The number of hydrazone groups is 1. The topological polar surface area (TPSA) is 189 Å². The van der Waals surface area contributed by atoms with Gasteiger partial charge in [-0.2, -0.15) is 5.10 Å². The fraction of sp³-hybridized carbons (Fsp3) is 0.640. The standard InChI is InChI=1S/C50H66N8O8/c1-47(2)29-62-43(63-30-47)23-52-21-39(45-42(66-38-9-10-38)16-34(19-55-45)7-5-13-54-36-25-60-26-36)48(3,4)31-61-41-15-35(8-6-14-58-27-50(28-58)17-37(59)18-50)20-56-46(41)40(57-51)22-53-24-44-64-32-49(11-12-49)33-65-44/h15-16,19-22,36-38,43-44,52,54,59H,9-14,17-18,23-33,51H2,1-4H3/b39-21-,53-22?,57-40+. The van der Waals surface area contributed by atoms with Gasteiger partial charge in [-0.05, 0) is 50.7 Å². The number of rotatable bonds is 17. The fourth-order valence-electron chi connectivity index (χ4n) is 8.75. The summed E-state index contributed by atoms with van der Waals surface area (Å²) in [5, 5.41) is 20.8. The summed E-state index contributed by atoms with van der Waals surface area (Å²) < 4.78 is 42.7. The summed E-state index contributed by atoms with van der Waals surface area (Å²) in [6, 6.07) is 4.21. The number of hydrogen-bond donors (Lipinski definition) is 4. The maximum atomic E-state index is 9.85. The highest BCUT2D eigenvalue weighted by atomic mass is 16.7. The zero-order valence-electron chi connectivity index (χ0n) is 38.9. The number of nitrogens with one attached hydrogen (secondary N) is 2. The molecule has 0 aromatic carbocycles. The summed E-state index contributed by atoms with van der Waals surface area (Å²) in [6.45, 7) is 16.5. The molecule has 0 radical (unpaired) electrons. The Labute approximate surface area is 388 Å². The van der Waals surface area contributed by atoms with Crippen molar-refractivity contribution in [3.05, 3.63) is 53.2 Å². The molecule has 4 aliphatic heterocycles. The summed E-state index contributed by atoms with van der Waals surface area (Å²) >= 11 is 0. The third-order valence-electron chi connectivity index (χ3n) is 13.2. The molecule has 66 heavy (non-hydrogen) atoms. The van der Waals surface area contributed by atoms with E-state index < -0.39 is 18.0 Å². The van der Waals surface area contributed by atoms with Crippen molar-refractivity contribution in [2.75, 3.05) is 85.5 Å². The van der Waals surface area contributed by atoms with Crippen LogP contribution in [0.4, 0.5) is 0 Å². The Balaban J connectivity index is 0.959. The minimum absolute atomic E-state index is 0.0461. The van der Waals surface area contributed by atoms with Crippen LogP contribution in [0.2, 0.25) is 0 Å². The molecule has 2 spiro atoms. The lowest BCUT2D eigenvalue weighted by Gasteiger charge is -2.57. The molecule has 3 saturated carbocycles. The molecule has 0 bridgehead atoms. The summed E-state index contributed by atoms with van der Waals surface area (Å²) in [7, 11) is 0. The minimum Gasteiger partial charge on any atom is -0.490 e. The molecule has 0 atom stereocenters. The molecule has 3 aliphatic carbocycles. The van der Waals surface area contributed by atoms with Gasteiger partial charge >= 0.3 is 0 Å². The number of nitrogens with two attached hydrogens (primary N) is 1. The zero-order valence-corrected chi connectivity index (χ0v) is 38.9. The van der Waals surface area contributed by atoms with E-state index in [1.54, 1.807) is 18.6 Å². The monoisotopic (exact) mass is 907 g/mol. The lowest BCUT2D eigenvalue weighted by atomic mass is 9.62. The van der Waals surface area contributed by atoms with Gasteiger partial charge in [-0.1, -0.05) is 51.4 Å². The van der Waals surface area contributed by atoms with Gasteiger partial charge in [0.05, 0.1) is 96.9 Å². The van der Waals surface area contributed by atoms with Crippen molar-refractivity contribution in [3.8, 4) is 35.2 Å². The number of hydrogen-bond acceptors (Lipinski definition) is 16. The molecule has 7 aliphatic rings. The highest BCUT2D eigenvalue weighted by Crippen LogP contribution is 2.49. The van der Waals surface area contributed by atoms with Gasteiger partial charge in [0, 0.05) is 70.0 Å². The molecular weight excluding hydrogens is 841 g/mol. The van der Waals surface area contributed by atoms with Crippen LogP contribution in [0.1, 0.15) is 88.7 Å². The lowest BCUT2D eigenvalue weighted by Crippen LogP contribution is -2.63. The normalized spacial score (nSPS) is 24.1. The number of ether oxygens (including phenoxy) is 7. The van der Waals surface area contributed by atoms with E-state index in [1.807, 2.05) is 18.3 Å². The molecule has 0 unspecified atom stereocenters. The Hall–Kier alpha value is -4.62. The first-order chi connectivity index (χ1) is 31.9. The average Bonchev–Trinajstić information content (AvgIpc) is 4.21. The average molecular weight is 907 g/mol. The number of aliphatic hydroxyl groups is 1. The lowest BCUT2D eigenvalue weighted by molar-refractivity contribution is -0.217. The van der Waals surface area contributed by atoms with Gasteiger partial charge < -0.3 is 49.4 Å². The van der Waals surface area contributed by atoms with Gasteiger partial charge in [0.25, 0.3) is 0 Å². The predicted octanol–water partition coefficient (Wildman–Crippen LogP) is 3.49. The number of pyridine rings is 2. The first kappa shape index (κ1) is 46.5. The smallest absolute Gasteiger partial charge is 0.176 e. The molecule has 2 aromatic rings. The predicted molar refractivity (Wildman–Crippen MR) is 249 cm³/mol. The second kappa shape index (κ2) is 19.9. The van der Waals surface area contributed by atoms with Crippen LogP contribution in [-0.2, 0) is 23.7 Å². The Morgan fingerprint density at radius 1 is 0.939 bits per heavy atom. The van der Waals surface area contributed by atoms with Crippen LogP contribution in [0, 0.1) is 45.3 Å². The second-order valence-electron chi connectivity index (χ2n) is 20.8. The molecule has 2 aromatic heterocycles. The quantitative estimate of drug-likeness (QED) is 0.0782. The number of aliphatic imine (C=N–C) groups is 1. The highest BCUT2D eigenvalue weighted by Gasteiger charge is 2.51. The molecule has 9 rings (SSSR count). The van der Waals surface area contributed by atoms with Crippen LogP contribution < -0.4 is 25.9 Å². The Kier molecular flexibility index (Phi) is 14.0. The number of aliphatic hydroxyl groups excluding tert-OH is 1. The molecule has 6 heterocycles. The Bertz CT molecular complexity index is 2250. The van der Waals surface area contributed by atoms with Crippen molar-refractivity contribution in [2.45, 2.75) is 97.0 Å². The van der Waals surface area contributed by atoms with Crippen LogP contribution in [0.25, 0.3) is 5.57 Å². The van der Waals surface area contributed by atoms with Crippen molar-refractivity contribution in [1.29, 1.82) is 0 Å². The third-order valence-corrected chi connectivity index (χ3v) is 13.2. The molecule has 0 amide bonds. The van der Waals surface area contributed by atoms with Crippen LogP contribution in [0.3, 0.4) is 0 Å². The molecule has 354 valence electrons. The van der Waals surface area contributed by atoms with E-state index in [-0.39, 0.29) is 35.1 Å². The number of nitrogens with zero attached hydrogens (tertiary/aromatic N) is 5. The van der Waals surface area contributed by atoms with E-state index in [4.69, 9.17) is 49.0 Å². The van der Waals surface area contributed by atoms with E-state index in [0.29, 0.717) is 106 Å². The summed E-state index contributed by atoms with van der Waals surface area (Å²) in [4.78, 5) is 16.8. The largest absolute Gasteiger partial charge is 0.490 e. The zero-order chi connectivity index (χ0) is 45.8. The molecule has 5 N–H and O–H groups in total. The van der Waals surface area contributed by atoms with Gasteiger partial charge in [0.2, 0.25) is 0 Å². The molecule has 7 fully saturated rings. The van der Waals surface area contributed by atoms with Crippen molar-refractivity contribution in [1.82, 2.24) is 25.5 Å². The van der Waals surface area contributed by atoms with Crippen LogP contribution >= 0.6 is 0 Å². The molecule has 16 heteroatoms. The second-order valence-corrected chi connectivity index (χ2v) is 20.8.